The van der Waals surface area contributed by atoms with Crippen LogP contribution >= 0.6 is 0 Å². The zero-order valence-corrected chi connectivity index (χ0v) is 20.3. The molecule has 2 saturated carbocycles. The van der Waals surface area contributed by atoms with Gasteiger partial charge in [-0.05, 0) is 77.9 Å². The summed E-state index contributed by atoms with van der Waals surface area (Å²) in [4.78, 5) is 33.8. The van der Waals surface area contributed by atoms with Crippen molar-refractivity contribution in [2.24, 2.45) is 16.8 Å². The van der Waals surface area contributed by atoms with Gasteiger partial charge in [0.2, 0.25) is 5.91 Å². The second kappa shape index (κ2) is 7.97. The lowest BCUT2D eigenvalue weighted by molar-refractivity contribution is -0.139. The average Bonchev–Trinajstić information content (AvgIpc) is 3.81. The topological polar surface area (TPSA) is 76.8 Å². The van der Waals surface area contributed by atoms with E-state index < -0.39 is 11.4 Å². The summed E-state index contributed by atoms with van der Waals surface area (Å²) in [5.74, 6) is 0.590. The van der Waals surface area contributed by atoms with Gasteiger partial charge in [0, 0.05) is 31.5 Å². The van der Waals surface area contributed by atoms with Gasteiger partial charge >= 0.3 is 0 Å². The highest BCUT2D eigenvalue weighted by atomic mass is 19.1. The van der Waals surface area contributed by atoms with E-state index in [1.54, 1.807) is 17.0 Å². The third-order valence-electron chi connectivity index (χ3n) is 8.09. The van der Waals surface area contributed by atoms with Crippen LogP contribution in [0.1, 0.15) is 36.8 Å². The second-order valence-electron chi connectivity index (χ2n) is 10.8. The molecule has 1 spiro atoms. The summed E-state index contributed by atoms with van der Waals surface area (Å²) in [6, 6.07) is 18.6. The lowest BCUT2D eigenvalue weighted by Crippen LogP contribution is -2.55. The molecular weight excluding hydrogens is 467 g/mol. The fraction of sp³-hybridized carbons (Fsp3) is 0.333. The standard InChI is InChI=1S/C30H25FN4O2/c31-26-13-24(23-6-5-21-11-18(14-32)1-2-22(21)12-23)7-8-25(26)27-33-30(9-10-30)29(37)35(27)17-19-15-34(16-19)28(36)20-3-4-20/h1-2,5-8,11-13,19-20H,3-4,9-10,15-17H2. The number of nitrogens with zero attached hydrogens (tertiary/aromatic N) is 4. The van der Waals surface area contributed by atoms with Crippen LogP contribution in [0.15, 0.2) is 59.6 Å². The van der Waals surface area contributed by atoms with Gasteiger partial charge in [-0.3, -0.25) is 19.5 Å². The highest BCUT2D eigenvalue weighted by Crippen LogP contribution is 2.46. The molecule has 3 fully saturated rings. The summed E-state index contributed by atoms with van der Waals surface area (Å²) < 4.78 is 15.6. The van der Waals surface area contributed by atoms with Gasteiger partial charge in [0.05, 0.1) is 17.2 Å². The summed E-state index contributed by atoms with van der Waals surface area (Å²) in [7, 11) is 0. The van der Waals surface area contributed by atoms with E-state index in [9.17, 15) is 9.59 Å². The maximum Gasteiger partial charge on any atom is 0.256 e. The predicted molar refractivity (Wildman–Crippen MR) is 137 cm³/mol. The highest BCUT2D eigenvalue weighted by Gasteiger charge is 2.58. The summed E-state index contributed by atoms with van der Waals surface area (Å²) in [6.07, 6.45) is 3.38. The third-order valence-corrected chi connectivity index (χ3v) is 8.09. The van der Waals surface area contributed by atoms with Crippen LogP contribution in [-0.4, -0.2) is 52.6 Å². The van der Waals surface area contributed by atoms with Crippen LogP contribution < -0.4 is 0 Å². The van der Waals surface area contributed by atoms with Crippen molar-refractivity contribution >= 4 is 28.4 Å². The molecule has 1 saturated heterocycles. The Labute approximate surface area is 214 Å². The van der Waals surface area contributed by atoms with Crippen molar-refractivity contribution in [2.75, 3.05) is 19.6 Å². The Morgan fingerprint density at radius 1 is 1.03 bits per heavy atom. The molecule has 184 valence electrons. The summed E-state index contributed by atoms with van der Waals surface area (Å²) >= 11 is 0. The van der Waals surface area contributed by atoms with Crippen molar-refractivity contribution in [3.05, 3.63) is 71.5 Å². The molecule has 0 unspecified atom stereocenters. The molecule has 4 aliphatic rings. The fourth-order valence-corrected chi connectivity index (χ4v) is 5.56. The van der Waals surface area contributed by atoms with Crippen molar-refractivity contribution in [1.29, 1.82) is 5.26 Å². The molecule has 7 heteroatoms. The Bertz CT molecular complexity index is 1560. The summed E-state index contributed by atoms with van der Waals surface area (Å²) in [6.45, 7) is 1.77. The molecule has 0 bridgehead atoms. The van der Waals surface area contributed by atoms with Crippen LogP contribution in [0, 0.1) is 29.0 Å². The quantitative estimate of drug-likeness (QED) is 0.526. The number of fused-ring (bicyclic) bond motifs is 1. The first kappa shape index (κ1) is 22.2. The average molecular weight is 493 g/mol. The van der Waals surface area contributed by atoms with Crippen molar-refractivity contribution in [1.82, 2.24) is 9.80 Å². The van der Waals surface area contributed by atoms with Crippen molar-refractivity contribution < 1.29 is 14.0 Å². The van der Waals surface area contributed by atoms with E-state index in [0.29, 0.717) is 49.4 Å². The lowest BCUT2D eigenvalue weighted by atomic mass is 9.97. The van der Waals surface area contributed by atoms with Crippen LogP contribution in [0.2, 0.25) is 0 Å². The number of hydrogen-bond acceptors (Lipinski definition) is 4. The first-order chi connectivity index (χ1) is 17.9. The third kappa shape index (κ3) is 3.71. The molecule has 0 atom stereocenters. The number of rotatable bonds is 5. The molecule has 0 aromatic heterocycles. The lowest BCUT2D eigenvalue weighted by Gasteiger charge is -2.41. The number of benzene rings is 3. The molecule has 2 amide bonds. The zero-order valence-electron chi connectivity index (χ0n) is 20.3. The minimum atomic E-state index is -0.714. The van der Waals surface area contributed by atoms with Crippen LogP contribution in [0.25, 0.3) is 21.9 Å². The van der Waals surface area contributed by atoms with Crippen molar-refractivity contribution in [3.8, 4) is 17.2 Å². The van der Waals surface area contributed by atoms with Gasteiger partial charge in [-0.15, -0.1) is 0 Å². The van der Waals surface area contributed by atoms with Crippen molar-refractivity contribution in [2.45, 2.75) is 31.2 Å². The van der Waals surface area contributed by atoms with Crippen LogP contribution in [0.4, 0.5) is 4.39 Å². The molecule has 2 aliphatic carbocycles. The van der Waals surface area contributed by atoms with E-state index in [2.05, 4.69) is 6.07 Å². The Kier molecular flexibility index (Phi) is 4.78. The Hall–Kier alpha value is -4.05. The number of amides is 2. The van der Waals surface area contributed by atoms with E-state index in [1.807, 2.05) is 41.3 Å². The molecule has 6 nitrogen and oxygen atoms in total. The largest absolute Gasteiger partial charge is 0.342 e. The van der Waals surface area contributed by atoms with Gasteiger partial charge in [0.25, 0.3) is 5.91 Å². The fourth-order valence-electron chi connectivity index (χ4n) is 5.56. The number of amidine groups is 1. The first-order valence-electron chi connectivity index (χ1n) is 12.9. The Morgan fingerprint density at radius 2 is 1.73 bits per heavy atom. The predicted octanol–water partition coefficient (Wildman–Crippen LogP) is 4.51. The molecule has 3 aromatic carbocycles. The van der Waals surface area contributed by atoms with E-state index in [0.717, 1.165) is 34.7 Å². The maximum absolute atomic E-state index is 15.6. The first-order valence-corrected chi connectivity index (χ1v) is 12.9. The van der Waals surface area contributed by atoms with E-state index in [1.165, 1.54) is 6.07 Å². The van der Waals surface area contributed by atoms with Gasteiger partial charge in [-0.25, -0.2) is 4.39 Å². The number of nitriles is 1. The number of aliphatic imine (C=N–C) groups is 1. The molecular formula is C30H25FN4O2. The molecule has 3 aromatic rings. The molecule has 2 aliphatic heterocycles. The monoisotopic (exact) mass is 492 g/mol. The SMILES string of the molecule is N#Cc1ccc2cc(-c3ccc(C4=NC5(CC5)C(=O)N4CC4CN(C(=O)C5CC5)C4)c(F)c3)ccc2c1. The molecule has 37 heavy (non-hydrogen) atoms. The van der Waals surface area contributed by atoms with E-state index in [4.69, 9.17) is 10.3 Å². The minimum absolute atomic E-state index is 0.0378. The molecule has 7 rings (SSSR count). The number of halogens is 1. The Morgan fingerprint density at radius 3 is 2.43 bits per heavy atom. The normalized spacial score (nSPS) is 20.2. The van der Waals surface area contributed by atoms with Crippen molar-refractivity contribution in [3.63, 3.8) is 0 Å². The number of hydrogen-bond donors (Lipinski definition) is 0. The minimum Gasteiger partial charge on any atom is -0.342 e. The second-order valence-corrected chi connectivity index (χ2v) is 10.8. The van der Waals surface area contributed by atoms with Crippen LogP contribution in [0.5, 0.6) is 0 Å². The number of carbonyl (C=O) groups is 2. The molecule has 0 radical (unpaired) electrons. The van der Waals surface area contributed by atoms with Gasteiger partial charge in [-0.2, -0.15) is 5.26 Å². The van der Waals surface area contributed by atoms with E-state index >= 15 is 4.39 Å². The Balaban J connectivity index is 1.14. The van der Waals surface area contributed by atoms with Gasteiger partial charge in [0.1, 0.15) is 17.2 Å². The van der Waals surface area contributed by atoms with E-state index in [-0.39, 0.29) is 23.7 Å². The summed E-state index contributed by atoms with van der Waals surface area (Å²) in [5.41, 5.74) is 1.83. The van der Waals surface area contributed by atoms with Gasteiger partial charge in [0.15, 0.2) is 0 Å². The maximum atomic E-state index is 15.6. The smallest absolute Gasteiger partial charge is 0.256 e. The summed E-state index contributed by atoms with van der Waals surface area (Å²) in [5, 5.41) is 11.1. The number of likely N-dealkylation sites (tertiary alicyclic amines) is 1. The van der Waals surface area contributed by atoms with Gasteiger partial charge < -0.3 is 4.90 Å². The van der Waals surface area contributed by atoms with Crippen LogP contribution in [0.3, 0.4) is 0 Å². The highest BCUT2D eigenvalue weighted by molar-refractivity contribution is 6.16. The van der Waals surface area contributed by atoms with Crippen LogP contribution in [-0.2, 0) is 9.59 Å². The number of carbonyl (C=O) groups excluding carboxylic acids is 2. The molecule has 0 N–H and O–H groups in total. The molecule has 2 heterocycles. The zero-order chi connectivity index (χ0) is 25.3. The van der Waals surface area contributed by atoms with Gasteiger partial charge in [-0.1, -0.05) is 24.3 Å².